The van der Waals surface area contributed by atoms with E-state index in [0.29, 0.717) is 17.7 Å². The molecule has 2 N–H and O–H groups in total. The molecule has 1 aromatic rings. The van der Waals surface area contributed by atoms with Gasteiger partial charge in [0.05, 0.1) is 13.7 Å². The second-order valence-electron chi connectivity index (χ2n) is 2.96. The molecule has 0 saturated heterocycles. The zero-order valence-electron chi connectivity index (χ0n) is 8.16. The lowest BCUT2D eigenvalue weighted by Gasteiger charge is -2.09. The number of aromatic hydroxyl groups is 1. The molecule has 0 fully saturated rings. The van der Waals surface area contributed by atoms with Gasteiger partial charge in [-0.1, -0.05) is 6.08 Å². The number of rotatable bonds is 4. The molecule has 0 atom stereocenters. The molecule has 76 valence electrons. The van der Waals surface area contributed by atoms with Crippen molar-refractivity contribution in [2.75, 3.05) is 7.11 Å². The predicted molar refractivity (Wildman–Crippen MR) is 54.5 cm³/mol. The summed E-state index contributed by atoms with van der Waals surface area (Å²) in [6.45, 7) is 3.42. The molecule has 1 rings (SSSR count). The van der Waals surface area contributed by atoms with E-state index in [0.717, 1.165) is 5.56 Å². The summed E-state index contributed by atoms with van der Waals surface area (Å²) in [6.07, 6.45) is 2.44. The molecule has 0 aromatic heterocycles. The fourth-order valence-electron chi connectivity index (χ4n) is 1.29. The lowest BCUT2D eigenvalue weighted by Crippen LogP contribution is -1.93. The predicted octanol–water partition coefficient (Wildman–Crippen LogP) is 1.62. The summed E-state index contributed by atoms with van der Waals surface area (Å²) in [7, 11) is 1.48. The molecule has 0 spiro atoms. The van der Waals surface area contributed by atoms with Crippen LogP contribution in [0, 0.1) is 0 Å². The molecule has 0 aliphatic heterocycles. The van der Waals surface area contributed by atoms with Crippen molar-refractivity contribution in [3.63, 3.8) is 0 Å². The van der Waals surface area contributed by atoms with Gasteiger partial charge < -0.3 is 14.9 Å². The topological polar surface area (TPSA) is 49.7 Å². The number of allylic oxidation sites excluding steroid dienone is 1. The molecule has 3 heteroatoms. The summed E-state index contributed by atoms with van der Waals surface area (Å²) in [5, 5.41) is 18.6. The highest BCUT2D eigenvalue weighted by atomic mass is 16.5. The van der Waals surface area contributed by atoms with Gasteiger partial charge >= 0.3 is 0 Å². The van der Waals surface area contributed by atoms with Crippen LogP contribution in [-0.4, -0.2) is 17.3 Å². The van der Waals surface area contributed by atoms with Gasteiger partial charge in [-0.3, -0.25) is 0 Å². The first-order valence-electron chi connectivity index (χ1n) is 4.33. The number of benzene rings is 1. The number of methoxy groups -OCH3 is 1. The summed E-state index contributed by atoms with van der Waals surface area (Å²) < 4.78 is 4.98. The first kappa shape index (κ1) is 10.6. The summed E-state index contributed by atoms with van der Waals surface area (Å²) in [6, 6.07) is 3.47. The van der Waals surface area contributed by atoms with Crippen LogP contribution in [0.2, 0.25) is 0 Å². The van der Waals surface area contributed by atoms with Crippen molar-refractivity contribution in [1.82, 2.24) is 0 Å². The van der Waals surface area contributed by atoms with E-state index in [1.807, 2.05) is 0 Å². The molecule has 0 bridgehead atoms. The van der Waals surface area contributed by atoms with Gasteiger partial charge in [-0.05, 0) is 24.1 Å². The quantitative estimate of drug-likeness (QED) is 0.716. The average Bonchev–Trinajstić information content (AvgIpc) is 2.20. The third-order valence-electron chi connectivity index (χ3n) is 1.98. The van der Waals surface area contributed by atoms with Crippen molar-refractivity contribution in [3.8, 4) is 11.5 Å². The second-order valence-corrected chi connectivity index (χ2v) is 2.96. The zero-order chi connectivity index (χ0) is 10.6. The summed E-state index contributed by atoms with van der Waals surface area (Å²) in [5.41, 5.74) is 1.43. The molecule has 0 aliphatic rings. The maximum absolute atomic E-state index is 9.57. The Morgan fingerprint density at radius 1 is 1.50 bits per heavy atom. The van der Waals surface area contributed by atoms with Gasteiger partial charge in [0.2, 0.25) is 0 Å². The van der Waals surface area contributed by atoms with Gasteiger partial charge in [-0.2, -0.15) is 0 Å². The molecule has 0 amide bonds. The lowest BCUT2D eigenvalue weighted by molar-refractivity contribution is 0.272. The van der Waals surface area contributed by atoms with E-state index in [2.05, 4.69) is 6.58 Å². The highest BCUT2D eigenvalue weighted by Gasteiger charge is 2.08. The van der Waals surface area contributed by atoms with Crippen LogP contribution in [-0.2, 0) is 13.0 Å². The number of ether oxygens (including phenoxy) is 1. The third-order valence-corrected chi connectivity index (χ3v) is 1.98. The molecular formula is C11H14O3. The Morgan fingerprint density at radius 2 is 2.21 bits per heavy atom. The molecule has 0 aliphatic carbocycles. The van der Waals surface area contributed by atoms with Gasteiger partial charge in [0.25, 0.3) is 0 Å². The Hall–Kier alpha value is -1.48. The van der Waals surface area contributed by atoms with Gasteiger partial charge in [-0.25, -0.2) is 0 Å². The van der Waals surface area contributed by atoms with Crippen LogP contribution in [0.15, 0.2) is 24.8 Å². The Kier molecular flexibility index (Phi) is 3.54. The van der Waals surface area contributed by atoms with Crippen LogP contribution >= 0.6 is 0 Å². The molecule has 14 heavy (non-hydrogen) atoms. The van der Waals surface area contributed by atoms with Crippen molar-refractivity contribution in [1.29, 1.82) is 0 Å². The molecular weight excluding hydrogens is 180 g/mol. The number of aliphatic hydroxyl groups excluding tert-OH is 1. The van der Waals surface area contributed by atoms with Crippen LogP contribution in [0.1, 0.15) is 11.1 Å². The standard InChI is InChI=1S/C11H14O3/c1-3-4-8-5-9(7-12)11(13)10(6-8)14-2/h3,5-6,12-13H,1,4,7H2,2H3. The summed E-state index contributed by atoms with van der Waals surface area (Å²) in [5.74, 6) is 0.385. The van der Waals surface area contributed by atoms with Crippen molar-refractivity contribution >= 4 is 0 Å². The van der Waals surface area contributed by atoms with Crippen LogP contribution in [0.3, 0.4) is 0 Å². The largest absolute Gasteiger partial charge is 0.504 e. The van der Waals surface area contributed by atoms with Crippen LogP contribution in [0.25, 0.3) is 0 Å². The Labute approximate surface area is 83.3 Å². The van der Waals surface area contributed by atoms with E-state index in [-0.39, 0.29) is 12.4 Å². The fraction of sp³-hybridized carbons (Fsp3) is 0.273. The smallest absolute Gasteiger partial charge is 0.163 e. The number of hydrogen-bond acceptors (Lipinski definition) is 3. The lowest BCUT2D eigenvalue weighted by atomic mass is 10.1. The minimum absolute atomic E-state index is 0.00260. The molecule has 0 radical (unpaired) electrons. The third kappa shape index (κ3) is 2.06. The van der Waals surface area contributed by atoms with Crippen LogP contribution in [0.5, 0.6) is 11.5 Å². The maximum atomic E-state index is 9.57. The van der Waals surface area contributed by atoms with Crippen molar-refractivity contribution < 1.29 is 14.9 Å². The molecule has 0 saturated carbocycles. The van der Waals surface area contributed by atoms with E-state index >= 15 is 0 Å². The molecule has 0 heterocycles. The Balaban J connectivity index is 3.17. The van der Waals surface area contributed by atoms with E-state index in [1.165, 1.54) is 7.11 Å². The highest BCUT2D eigenvalue weighted by Crippen LogP contribution is 2.31. The van der Waals surface area contributed by atoms with Crippen molar-refractivity contribution in [2.45, 2.75) is 13.0 Å². The van der Waals surface area contributed by atoms with Crippen molar-refractivity contribution in [2.24, 2.45) is 0 Å². The van der Waals surface area contributed by atoms with Crippen LogP contribution < -0.4 is 4.74 Å². The number of phenols is 1. The number of hydrogen-bond donors (Lipinski definition) is 2. The monoisotopic (exact) mass is 194 g/mol. The fourth-order valence-corrected chi connectivity index (χ4v) is 1.29. The summed E-state index contributed by atoms with van der Waals surface area (Å²) >= 11 is 0. The summed E-state index contributed by atoms with van der Waals surface area (Å²) in [4.78, 5) is 0. The van der Waals surface area contributed by atoms with Gasteiger partial charge in [0, 0.05) is 5.56 Å². The maximum Gasteiger partial charge on any atom is 0.163 e. The van der Waals surface area contributed by atoms with E-state index in [9.17, 15) is 5.11 Å². The normalized spacial score (nSPS) is 9.86. The van der Waals surface area contributed by atoms with E-state index in [4.69, 9.17) is 9.84 Å². The molecule has 1 aromatic carbocycles. The second kappa shape index (κ2) is 4.67. The van der Waals surface area contributed by atoms with E-state index in [1.54, 1.807) is 18.2 Å². The van der Waals surface area contributed by atoms with Crippen molar-refractivity contribution in [3.05, 3.63) is 35.9 Å². The van der Waals surface area contributed by atoms with E-state index < -0.39 is 0 Å². The van der Waals surface area contributed by atoms with Gasteiger partial charge in [-0.15, -0.1) is 6.58 Å². The van der Waals surface area contributed by atoms with Crippen LogP contribution in [0.4, 0.5) is 0 Å². The molecule has 0 unspecified atom stereocenters. The zero-order valence-corrected chi connectivity index (χ0v) is 8.16. The molecule has 3 nitrogen and oxygen atoms in total. The minimum atomic E-state index is -0.201. The SMILES string of the molecule is C=CCc1cc(CO)c(O)c(OC)c1. The van der Waals surface area contributed by atoms with Gasteiger partial charge in [0.1, 0.15) is 0 Å². The highest BCUT2D eigenvalue weighted by molar-refractivity contribution is 5.48. The Bertz CT molecular complexity index is 306. The average molecular weight is 194 g/mol. The van der Waals surface area contributed by atoms with Gasteiger partial charge in [0.15, 0.2) is 11.5 Å². The Morgan fingerprint density at radius 3 is 2.71 bits per heavy atom. The first-order valence-corrected chi connectivity index (χ1v) is 4.33. The number of aliphatic hydroxyl groups is 1. The first-order chi connectivity index (χ1) is 6.72. The minimum Gasteiger partial charge on any atom is -0.504 e.